The molecule has 22 heavy (non-hydrogen) atoms. The number of hydrogen-bond donors (Lipinski definition) is 2. The molecule has 3 N–H and O–H groups in total. The monoisotopic (exact) mass is 328 g/mol. The first-order valence-corrected chi connectivity index (χ1v) is 7.49. The number of carbonyl (C=O) groups excluding carboxylic acids is 1. The molecule has 0 unspecified atom stereocenters. The lowest BCUT2D eigenvalue weighted by Gasteiger charge is -2.12. The number of nitrogens with one attached hydrogen (secondary N) is 1. The van der Waals surface area contributed by atoms with Gasteiger partial charge in [0.1, 0.15) is 11.9 Å². The molecule has 1 aromatic rings. The van der Waals surface area contributed by atoms with E-state index < -0.39 is 0 Å². The first kappa shape index (κ1) is 18.7. The highest BCUT2D eigenvalue weighted by molar-refractivity contribution is 5.85. The molecule has 0 aromatic heterocycles. The number of amides is 1. The fraction of sp³-hybridized carbons (Fsp3) is 0.562. The van der Waals surface area contributed by atoms with Gasteiger partial charge in [0.25, 0.3) is 0 Å². The maximum absolute atomic E-state index is 11.9. The van der Waals surface area contributed by atoms with Crippen LogP contribution in [0.25, 0.3) is 0 Å². The summed E-state index contributed by atoms with van der Waals surface area (Å²) in [7, 11) is 1.66. The fourth-order valence-corrected chi connectivity index (χ4v) is 2.52. The van der Waals surface area contributed by atoms with E-state index in [0.29, 0.717) is 13.1 Å². The Bertz CT molecular complexity index is 470. The second-order valence-corrected chi connectivity index (χ2v) is 5.31. The lowest BCUT2D eigenvalue weighted by molar-refractivity contribution is -0.131. The maximum Gasteiger partial charge on any atom is 0.249 e. The Morgan fingerprint density at radius 1 is 1.45 bits per heavy atom. The third-order valence-corrected chi connectivity index (χ3v) is 3.74. The minimum absolute atomic E-state index is 0. The van der Waals surface area contributed by atoms with Gasteiger partial charge in [-0.2, -0.15) is 0 Å². The van der Waals surface area contributed by atoms with E-state index in [-0.39, 0.29) is 30.5 Å². The Morgan fingerprint density at radius 2 is 2.27 bits per heavy atom. The van der Waals surface area contributed by atoms with Gasteiger partial charge in [-0.1, -0.05) is 12.1 Å². The van der Waals surface area contributed by atoms with Gasteiger partial charge in [0, 0.05) is 13.1 Å². The van der Waals surface area contributed by atoms with Crippen molar-refractivity contribution < 1.29 is 14.3 Å². The minimum atomic E-state index is -0.324. The number of methoxy groups -OCH3 is 1. The molecule has 0 aliphatic carbocycles. The lowest BCUT2D eigenvalue weighted by Crippen LogP contribution is -2.36. The summed E-state index contributed by atoms with van der Waals surface area (Å²) in [5, 5.41) is 2.93. The molecule has 0 spiro atoms. The van der Waals surface area contributed by atoms with Crippen LogP contribution in [-0.4, -0.2) is 38.3 Å². The number of aryl methyl sites for hydroxylation is 1. The van der Waals surface area contributed by atoms with Gasteiger partial charge < -0.3 is 20.5 Å². The molecular weight excluding hydrogens is 304 g/mol. The molecule has 6 heteroatoms. The van der Waals surface area contributed by atoms with Crippen LogP contribution in [0.2, 0.25) is 0 Å². The summed E-state index contributed by atoms with van der Waals surface area (Å²) in [6.45, 7) is 1.14. The average Bonchev–Trinajstić information content (AvgIpc) is 3.00. The van der Waals surface area contributed by atoms with Crippen molar-refractivity contribution in [1.29, 1.82) is 0 Å². The maximum atomic E-state index is 11.9. The third kappa shape index (κ3) is 5.48. The molecule has 1 amide bonds. The van der Waals surface area contributed by atoms with E-state index in [1.165, 1.54) is 5.56 Å². The molecule has 0 radical (unpaired) electrons. The van der Waals surface area contributed by atoms with E-state index in [4.69, 9.17) is 15.2 Å². The van der Waals surface area contributed by atoms with E-state index >= 15 is 0 Å². The van der Waals surface area contributed by atoms with Gasteiger partial charge in [-0.25, -0.2) is 0 Å². The summed E-state index contributed by atoms with van der Waals surface area (Å²) in [4.78, 5) is 11.9. The predicted molar refractivity (Wildman–Crippen MR) is 88.5 cm³/mol. The van der Waals surface area contributed by atoms with Gasteiger partial charge in [-0.15, -0.1) is 12.4 Å². The van der Waals surface area contributed by atoms with E-state index in [1.54, 1.807) is 7.11 Å². The molecule has 1 aromatic carbocycles. The predicted octanol–water partition coefficient (Wildman–Crippen LogP) is 1.67. The first-order chi connectivity index (χ1) is 10.2. The van der Waals surface area contributed by atoms with E-state index in [9.17, 15) is 4.79 Å². The minimum Gasteiger partial charge on any atom is -0.497 e. The smallest absolute Gasteiger partial charge is 0.249 e. The summed E-state index contributed by atoms with van der Waals surface area (Å²) in [5.74, 6) is 0.848. The molecular formula is C16H25ClN2O3. The number of ether oxygens (including phenoxy) is 2. The zero-order chi connectivity index (χ0) is 15.1. The molecule has 1 aliphatic heterocycles. The average molecular weight is 329 g/mol. The highest BCUT2D eigenvalue weighted by atomic mass is 35.5. The molecule has 2 rings (SSSR count). The van der Waals surface area contributed by atoms with Gasteiger partial charge >= 0.3 is 0 Å². The molecule has 1 aliphatic rings. The zero-order valence-corrected chi connectivity index (χ0v) is 13.7. The van der Waals surface area contributed by atoms with Crippen molar-refractivity contribution in [3.05, 3.63) is 29.8 Å². The number of rotatable bonds is 7. The van der Waals surface area contributed by atoms with Crippen LogP contribution in [0.3, 0.4) is 0 Å². The highest BCUT2D eigenvalue weighted by Crippen LogP contribution is 2.19. The number of halogens is 1. The van der Waals surface area contributed by atoms with Gasteiger partial charge in [0.05, 0.1) is 13.2 Å². The first-order valence-electron chi connectivity index (χ1n) is 7.49. The van der Waals surface area contributed by atoms with Crippen LogP contribution in [0.15, 0.2) is 24.3 Å². The van der Waals surface area contributed by atoms with E-state index in [2.05, 4.69) is 11.4 Å². The third-order valence-electron chi connectivity index (χ3n) is 3.74. The standard InChI is InChI=1S/C16H24N2O3.ClH/c1-20-13-6-2-4-12(10-13)5-3-9-18-16(19)15-8-7-14(11-17)21-15;/h2,4,6,10,14-15H,3,5,7-9,11,17H2,1H3,(H,18,19);1H/t14-,15+;/m1./s1. The number of nitrogens with two attached hydrogens (primary N) is 1. The molecule has 1 fully saturated rings. The Balaban J connectivity index is 0.00000242. The van der Waals surface area contributed by atoms with Crippen molar-refractivity contribution in [3.8, 4) is 5.75 Å². The summed E-state index contributed by atoms with van der Waals surface area (Å²) in [6, 6.07) is 7.99. The molecule has 0 bridgehead atoms. The zero-order valence-electron chi connectivity index (χ0n) is 12.9. The van der Waals surface area contributed by atoms with Crippen molar-refractivity contribution >= 4 is 18.3 Å². The van der Waals surface area contributed by atoms with Crippen molar-refractivity contribution in [2.75, 3.05) is 20.2 Å². The van der Waals surface area contributed by atoms with Crippen LogP contribution in [-0.2, 0) is 16.0 Å². The van der Waals surface area contributed by atoms with E-state index in [1.807, 2.05) is 18.2 Å². The summed E-state index contributed by atoms with van der Waals surface area (Å²) >= 11 is 0. The number of benzene rings is 1. The van der Waals surface area contributed by atoms with Crippen molar-refractivity contribution in [3.63, 3.8) is 0 Å². The van der Waals surface area contributed by atoms with Crippen LogP contribution in [0.5, 0.6) is 5.75 Å². The molecule has 124 valence electrons. The Hall–Kier alpha value is -1.30. The summed E-state index contributed by atoms with van der Waals surface area (Å²) in [5.41, 5.74) is 6.75. The second-order valence-electron chi connectivity index (χ2n) is 5.31. The van der Waals surface area contributed by atoms with Crippen LogP contribution in [0.4, 0.5) is 0 Å². The van der Waals surface area contributed by atoms with Crippen molar-refractivity contribution in [2.24, 2.45) is 5.73 Å². The van der Waals surface area contributed by atoms with Crippen LogP contribution in [0, 0.1) is 0 Å². The number of hydrogen-bond acceptors (Lipinski definition) is 4. The van der Waals surface area contributed by atoms with Gasteiger partial charge in [-0.05, 0) is 43.4 Å². The quantitative estimate of drug-likeness (QED) is 0.747. The van der Waals surface area contributed by atoms with Crippen LogP contribution < -0.4 is 15.8 Å². The number of carbonyl (C=O) groups is 1. The molecule has 5 nitrogen and oxygen atoms in total. The fourth-order valence-electron chi connectivity index (χ4n) is 2.52. The second kappa shape index (κ2) is 9.66. The normalized spacial score (nSPS) is 20.3. The van der Waals surface area contributed by atoms with Crippen LogP contribution in [0.1, 0.15) is 24.8 Å². The Labute approximate surface area is 138 Å². The van der Waals surface area contributed by atoms with Crippen molar-refractivity contribution in [1.82, 2.24) is 5.32 Å². The van der Waals surface area contributed by atoms with Gasteiger partial charge in [0.2, 0.25) is 5.91 Å². The lowest BCUT2D eigenvalue weighted by atomic mass is 10.1. The molecule has 1 heterocycles. The molecule has 1 saturated heterocycles. The van der Waals surface area contributed by atoms with Gasteiger partial charge in [0.15, 0.2) is 0 Å². The molecule has 2 atom stereocenters. The largest absolute Gasteiger partial charge is 0.497 e. The highest BCUT2D eigenvalue weighted by Gasteiger charge is 2.29. The Kier molecular flexibility index (Phi) is 8.24. The topological polar surface area (TPSA) is 73.6 Å². The van der Waals surface area contributed by atoms with Gasteiger partial charge in [-0.3, -0.25) is 4.79 Å². The van der Waals surface area contributed by atoms with Crippen LogP contribution >= 0.6 is 12.4 Å². The Morgan fingerprint density at radius 3 is 2.95 bits per heavy atom. The van der Waals surface area contributed by atoms with E-state index in [0.717, 1.165) is 31.4 Å². The summed E-state index contributed by atoms with van der Waals surface area (Å²) < 4.78 is 10.8. The molecule has 0 saturated carbocycles. The SMILES string of the molecule is COc1cccc(CCCNC(=O)[C@@H]2CC[C@H](CN)O2)c1.Cl. The summed E-state index contributed by atoms with van der Waals surface area (Å²) in [6.07, 6.45) is 3.16. The van der Waals surface area contributed by atoms with Crippen molar-refractivity contribution in [2.45, 2.75) is 37.9 Å².